The molecule has 2 aliphatic rings. The summed E-state index contributed by atoms with van der Waals surface area (Å²) >= 11 is 0. The van der Waals surface area contributed by atoms with E-state index in [1.807, 2.05) is 6.07 Å². The van der Waals surface area contributed by atoms with Gasteiger partial charge in [0.15, 0.2) is 17.5 Å². The number of benzene rings is 1. The molecule has 0 radical (unpaired) electrons. The van der Waals surface area contributed by atoms with E-state index in [1.165, 1.54) is 5.56 Å². The third kappa shape index (κ3) is 5.05. The van der Waals surface area contributed by atoms with Crippen LogP contribution in [0.1, 0.15) is 31.7 Å². The number of hydrogen-bond donors (Lipinski definition) is 2. The van der Waals surface area contributed by atoms with Crippen LogP contribution in [0, 0.1) is 0 Å². The van der Waals surface area contributed by atoms with Crippen LogP contribution in [0.25, 0.3) is 0 Å². The summed E-state index contributed by atoms with van der Waals surface area (Å²) in [5, 5.41) is 6.72. The van der Waals surface area contributed by atoms with Gasteiger partial charge in [-0.05, 0) is 43.9 Å². The van der Waals surface area contributed by atoms with Gasteiger partial charge in [0, 0.05) is 45.4 Å². The predicted molar refractivity (Wildman–Crippen MR) is 105 cm³/mol. The van der Waals surface area contributed by atoms with Crippen LogP contribution in [0.4, 0.5) is 0 Å². The first-order chi connectivity index (χ1) is 13.3. The van der Waals surface area contributed by atoms with Gasteiger partial charge in [0.1, 0.15) is 0 Å². The lowest BCUT2D eigenvalue weighted by molar-refractivity contribution is 0.0530. The summed E-state index contributed by atoms with van der Waals surface area (Å²) in [7, 11) is 1.72. The van der Waals surface area contributed by atoms with Gasteiger partial charge in [-0.15, -0.1) is 0 Å². The zero-order valence-electron chi connectivity index (χ0n) is 16.4. The smallest absolute Gasteiger partial charge is 0.231 e. The molecule has 27 heavy (non-hydrogen) atoms. The number of fused-ring (bicyclic) bond motifs is 1. The minimum absolute atomic E-state index is 0.0475. The van der Waals surface area contributed by atoms with Gasteiger partial charge in [-0.25, -0.2) is 0 Å². The van der Waals surface area contributed by atoms with Crippen LogP contribution >= 0.6 is 0 Å². The summed E-state index contributed by atoms with van der Waals surface area (Å²) in [6.07, 6.45) is 2.83. The molecule has 0 aromatic heterocycles. The monoisotopic (exact) mass is 377 g/mol. The Morgan fingerprint density at radius 1 is 1.19 bits per heavy atom. The number of nitrogens with zero attached hydrogens (tertiary/aromatic N) is 1. The molecule has 0 spiro atoms. The van der Waals surface area contributed by atoms with Gasteiger partial charge in [0.25, 0.3) is 0 Å². The second-order valence-corrected chi connectivity index (χ2v) is 6.93. The molecule has 0 unspecified atom stereocenters. The molecular weight excluding hydrogens is 346 g/mol. The van der Waals surface area contributed by atoms with E-state index >= 15 is 0 Å². The van der Waals surface area contributed by atoms with Crippen LogP contribution in [0.15, 0.2) is 23.2 Å². The Hall–Kier alpha value is -1.99. The Morgan fingerprint density at radius 2 is 2.00 bits per heavy atom. The van der Waals surface area contributed by atoms with Crippen LogP contribution in [0.5, 0.6) is 11.5 Å². The normalized spacial score (nSPS) is 18.4. The van der Waals surface area contributed by atoms with E-state index in [1.54, 1.807) is 7.11 Å². The molecule has 1 fully saturated rings. The van der Waals surface area contributed by atoms with E-state index in [0.29, 0.717) is 13.3 Å². The van der Waals surface area contributed by atoms with Gasteiger partial charge in [-0.3, -0.25) is 4.99 Å². The summed E-state index contributed by atoms with van der Waals surface area (Å²) in [5.74, 6) is 2.49. The van der Waals surface area contributed by atoms with Gasteiger partial charge in [0.05, 0.1) is 6.54 Å². The van der Waals surface area contributed by atoms with Crippen molar-refractivity contribution in [2.75, 3.05) is 53.4 Å². The fourth-order valence-electron chi connectivity index (χ4n) is 3.52. The molecule has 7 heteroatoms. The Balaban J connectivity index is 1.75. The molecule has 0 amide bonds. The third-order valence-electron chi connectivity index (χ3n) is 5.14. The SMILES string of the molecule is CCNC(=NCC1(c2ccc3c(c2)OCO3)CCOCC1)NCCCOC. The van der Waals surface area contributed by atoms with Gasteiger partial charge in [-0.2, -0.15) is 0 Å². The van der Waals surface area contributed by atoms with Gasteiger partial charge >= 0.3 is 0 Å². The average Bonchev–Trinajstić information content (AvgIpc) is 3.18. The number of ether oxygens (including phenoxy) is 4. The Labute approximate surface area is 161 Å². The van der Waals surface area contributed by atoms with Gasteiger partial charge in [0.2, 0.25) is 6.79 Å². The van der Waals surface area contributed by atoms with E-state index in [-0.39, 0.29) is 5.41 Å². The van der Waals surface area contributed by atoms with E-state index in [4.69, 9.17) is 23.9 Å². The first-order valence-corrected chi connectivity index (χ1v) is 9.76. The molecule has 150 valence electrons. The summed E-state index contributed by atoms with van der Waals surface area (Å²) < 4.78 is 21.8. The summed E-state index contributed by atoms with van der Waals surface area (Å²) in [4.78, 5) is 4.90. The van der Waals surface area contributed by atoms with Gasteiger partial charge in [-0.1, -0.05) is 6.07 Å². The number of nitrogens with one attached hydrogen (secondary N) is 2. The van der Waals surface area contributed by atoms with Crippen molar-refractivity contribution in [3.8, 4) is 11.5 Å². The molecule has 1 saturated heterocycles. The molecule has 2 aliphatic heterocycles. The molecule has 0 atom stereocenters. The first-order valence-electron chi connectivity index (χ1n) is 9.76. The molecule has 1 aromatic rings. The zero-order valence-corrected chi connectivity index (χ0v) is 16.4. The molecule has 3 rings (SSSR count). The summed E-state index contributed by atoms with van der Waals surface area (Å²) in [5.41, 5.74) is 1.20. The quantitative estimate of drug-likeness (QED) is 0.410. The largest absolute Gasteiger partial charge is 0.454 e. The van der Waals surface area contributed by atoms with Crippen molar-refractivity contribution in [1.82, 2.24) is 10.6 Å². The van der Waals surface area contributed by atoms with Crippen molar-refractivity contribution >= 4 is 5.96 Å². The lowest BCUT2D eigenvalue weighted by atomic mass is 9.74. The van der Waals surface area contributed by atoms with E-state index in [2.05, 4.69) is 29.7 Å². The van der Waals surface area contributed by atoms with Crippen LogP contribution < -0.4 is 20.1 Å². The number of methoxy groups -OCH3 is 1. The molecule has 0 aliphatic carbocycles. The van der Waals surface area contributed by atoms with Crippen molar-refractivity contribution in [3.05, 3.63) is 23.8 Å². The summed E-state index contributed by atoms with van der Waals surface area (Å²) in [6, 6.07) is 6.27. The highest BCUT2D eigenvalue weighted by Crippen LogP contribution is 2.41. The fraction of sp³-hybridized carbons (Fsp3) is 0.650. The average molecular weight is 377 g/mol. The lowest BCUT2D eigenvalue weighted by Gasteiger charge is -2.36. The van der Waals surface area contributed by atoms with Crippen LogP contribution in [-0.2, 0) is 14.9 Å². The van der Waals surface area contributed by atoms with Crippen molar-refractivity contribution in [2.45, 2.75) is 31.6 Å². The molecule has 0 bridgehead atoms. The number of rotatable bonds is 8. The summed E-state index contributed by atoms with van der Waals surface area (Å²) in [6.45, 7) is 6.98. The van der Waals surface area contributed by atoms with Crippen molar-refractivity contribution in [2.24, 2.45) is 4.99 Å². The van der Waals surface area contributed by atoms with Crippen molar-refractivity contribution in [3.63, 3.8) is 0 Å². The second-order valence-electron chi connectivity index (χ2n) is 6.93. The Morgan fingerprint density at radius 3 is 2.78 bits per heavy atom. The maximum absolute atomic E-state index is 5.64. The van der Waals surface area contributed by atoms with Crippen LogP contribution in [0.2, 0.25) is 0 Å². The Kier molecular flexibility index (Phi) is 7.18. The number of aliphatic imine (C=N–C) groups is 1. The molecular formula is C20H31N3O4. The fourth-order valence-corrected chi connectivity index (χ4v) is 3.52. The van der Waals surface area contributed by atoms with Crippen LogP contribution in [-0.4, -0.2) is 59.3 Å². The lowest BCUT2D eigenvalue weighted by Crippen LogP contribution is -2.41. The van der Waals surface area contributed by atoms with Crippen LogP contribution in [0.3, 0.4) is 0 Å². The highest BCUT2D eigenvalue weighted by atomic mass is 16.7. The molecule has 2 N–H and O–H groups in total. The minimum Gasteiger partial charge on any atom is -0.454 e. The second kappa shape index (κ2) is 9.80. The van der Waals surface area contributed by atoms with E-state index < -0.39 is 0 Å². The topological polar surface area (TPSA) is 73.3 Å². The Bertz CT molecular complexity index is 630. The highest BCUT2D eigenvalue weighted by Gasteiger charge is 2.35. The van der Waals surface area contributed by atoms with E-state index in [0.717, 1.165) is 69.6 Å². The molecule has 1 aromatic carbocycles. The van der Waals surface area contributed by atoms with Gasteiger partial charge < -0.3 is 29.6 Å². The van der Waals surface area contributed by atoms with Crippen molar-refractivity contribution in [1.29, 1.82) is 0 Å². The zero-order chi connectivity index (χ0) is 19.0. The standard InChI is InChI=1S/C20H31N3O4/c1-3-21-19(22-9-4-10-24-2)23-14-20(7-11-25-12-8-20)16-5-6-17-18(13-16)27-15-26-17/h5-6,13H,3-4,7-12,14-15H2,1-2H3,(H2,21,22,23). The first kappa shape index (κ1) is 19.8. The maximum atomic E-state index is 5.64. The van der Waals surface area contributed by atoms with E-state index in [9.17, 15) is 0 Å². The molecule has 7 nitrogen and oxygen atoms in total. The maximum Gasteiger partial charge on any atom is 0.231 e. The van der Waals surface area contributed by atoms with Crippen molar-refractivity contribution < 1.29 is 18.9 Å². The molecule has 2 heterocycles. The molecule has 0 saturated carbocycles. The minimum atomic E-state index is -0.0475. The number of guanidine groups is 1. The highest BCUT2D eigenvalue weighted by molar-refractivity contribution is 5.79. The third-order valence-corrected chi connectivity index (χ3v) is 5.14. The number of hydrogen-bond acceptors (Lipinski definition) is 5. The predicted octanol–water partition coefficient (Wildman–Crippen LogP) is 2.06.